The van der Waals surface area contributed by atoms with Crippen molar-refractivity contribution >= 4 is 16.1 Å². The fourth-order valence-electron chi connectivity index (χ4n) is 1.79. The van der Waals surface area contributed by atoms with Gasteiger partial charge in [0.2, 0.25) is 0 Å². The van der Waals surface area contributed by atoms with Gasteiger partial charge in [-0.15, -0.1) is 0 Å². The summed E-state index contributed by atoms with van der Waals surface area (Å²) in [7, 11) is 0.831. The molecular weight excluding hydrogens is 212 g/mol. The van der Waals surface area contributed by atoms with Crippen LogP contribution in [0, 0.1) is 0 Å². The van der Waals surface area contributed by atoms with Crippen molar-refractivity contribution in [1.82, 2.24) is 4.57 Å². The van der Waals surface area contributed by atoms with Gasteiger partial charge in [-0.2, -0.15) is 0 Å². The predicted octanol–water partition coefficient (Wildman–Crippen LogP) is 2.81. The van der Waals surface area contributed by atoms with Gasteiger partial charge in [0, 0.05) is 25.2 Å². The van der Waals surface area contributed by atoms with Gasteiger partial charge in [0.1, 0.15) is 12.8 Å². The van der Waals surface area contributed by atoms with Crippen molar-refractivity contribution < 1.29 is 4.24 Å². The molecule has 1 heterocycles. The Kier molecular flexibility index (Phi) is 7.22. The third kappa shape index (κ3) is 5.49. The second-order valence-electron chi connectivity index (χ2n) is 4.39. The summed E-state index contributed by atoms with van der Waals surface area (Å²) >= 11 is 0. The molecule has 16 heavy (non-hydrogen) atoms. The van der Waals surface area contributed by atoms with E-state index in [-0.39, 0.29) is 0 Å². The van der Waals surface area contributed by atoms with E-state index in [1.54, 1.807) is 0 Å². The maximum Gasteiger partial charge on any atom is 0.643 e. The fraction of sp³-hybridized carbons (Fsp3) is 0.769. The van der Waals surface area contributed by atoms with Crippen LogP contribution in [-0.2, 0) is 0 Å². The molecule has 0 unspecified atom stereocenters. The zero-order valence-electron chi connectivity index (χ0n) is 10.8. The molecule has 0 aromatic carbocycles. The average molecular weight is 237 g/mol. The number of nitrogens with zero attached hydrogens (tertiary/aromatic N) is 2. The lowest BCUT2D eigenvalue weighted by molar-refractivity contribution is -0.385. The van der Waals surface area contributed by atoms with Gasteiger partial charge >= 0.3 is 9.84 Å². The molecule has 2 radical (unpaired) electrons. The largest absolute Gasteiger partial charge is 0.643 e. The Labute approximate surface area is 103 Å². The minimum absolute atomic E-state index is 0.831. The van der Waals surface area contributed by atoms with Gasteiger partial charge < -0.3 is 4.57 Å². The zero-order chi connectivity index (χ0) is 11.6. The quantitative estimate of drug-likeness (QED) is 0.465. The molecule has 0 spiro atoms. The highest BCUT2D eigenvalue weighted by molar-refractivity contribution is 6.24. The summed E-state index contributed by atoms with van der Waals surface area (Å²) in [5, 5.41) is 0. The lowest BCUT2D eigenvalue weighted by Crippen LogP contribution is -2.36. The van der Waals surface area contributed by atoms with Crippen LogP contribution in [0.5, 0.6) is 0 Å². The molecule has 0 aromatic rings. The molecule has 0 aromatic heterocycles. The number of hydrogen-bond acceptors (Lipinski definition) is 1. The topological polar surface area (TPSA) is 6.25 Å². The lowest BCUT2D eigenvalue weighted by Gasteiger charge is -2.17. The summed E-state index contributed by atoms with van der Waals surface area (Å²) in [4.78, 5) is 0. The van der Waals surface area contributed by atoms with Gasteiger partial charge in [-0.1, -0.05) is 33.1 Å². The average Bonchev–Trinajstić information content (AvgIpc) is 2.30. The SMILES string of the molecule is CCCCCN1C=CC=[N+](CCCCC)[Si]1. The number of allylic oxidation sites excluding steroid dienone is 1. The highest BCUT2D eigenvalue weighted by Crippen LogP contribution is 2.01. The van der Waals surface area contributed by atoms with Crippen LogP contribution in [0.15, 0.2) is 12.3 Å². The zero-order valence-corrected chi connectivity index (χ0v) is 11.8. The van der Waals surface area contributed by atoms with E-state index in [4.69, 9.17) is 0 Å². The molecule has 1 aliphatic heterocycles. The third-order valence-corrected chi connectivity index (χ3v) is 4.05. The first-order valence-corrected chi connectivity index (χ1v) is 7.57. The lowest BCUT2D eigenvalue weighted by atomic mass is 10.2. The third-order valence-electron chi connectivity index (χ3n) is 2.79. The van der Waals surface area contributed by atoms with Crippen LogP contribution < -0.4 is 0 Å². The monoisotopic (exact) mass is 237 g/mol. The van der Waals surface area contributed by atoms with Gasteiger partial charge in [0.05, 0.1) is 0 Å². The Bertz CT molecular complexity index is 236. The Morgan fingerprint density at radius 3 is 2.56 bits per heavy atom. The molecular formula is C13H25N2Si+. The number of unbranched alkanes of at least 4 members (excludes halogenated alkanes) is 4. The van der Waals surface area contributed by atoms with Gasteiger partial charge in [0.15, 0.2) is 0 Å². The summed E-state index contributed by atoms with van der Waals surface area (Å²) in [6.45, 7) is 6.97. The smallest absolute Gasteiger partial charge is 0.343 e. The summed E-state index contributed by atoms with van der Waals surface area (Å²) in [6.07, 6.45) is 14.7. The highest BCUT2D eigenvalue weighted by atomic mass is 28.2. The van der Waals surface area contributed by atoms with E-state index >= 15 is 0 Å². The summed E-state index contributed by atoms with van der Waals surface area (Å²) < 4.78 is 4.92. The summed E-state index contributed by atoms with van der Waals surface area (Å²) in [6, 6.07) is 0. The van der Waals surface area contributed by atoms with Crippen LogP contribution >= 0.6 is 0 Å². The molecule has 2 nitrogen and oxygen atoms in total. The highest BCUT2D eigenvalue weighted by Gasteiger charge is 2.18. The van der Waals surface area contributed by atoms with Crippen molar-refractivity contribution in [3.05, 3.63) is 12.3 Å². The molecule has 1 rings (SSSR count). The van der Waals surface area contributed by atoms with E-state index in [1.165, 1.54) is 51.6 Å². The normalized spacial score (nSPS) is 15.4. The van der Waals surface area contributed by atoms with Crippen molar-refractivity contribution in [2.75, 3.05) is 13.1 Å². The minimum atomic E-state index is 0.831. The van der Waals surface area contributed by atoms with Crippen LogP contribution in [0.3, 0.4) is 0 Å². The molecule has 0 fully saturated rings. The second-order valence-corrected chi connectivity index (χ2v) is 5.74. The molecule has 1 aliphatic rings. The fourth-order valence-corrected chi connectivity index (χ4v) is 2.94. The van der Waals surface area contributed by atoms with Crippen molar-refractivity contribution in [2.24, 2.45) is 0 Å². The summed E-state index contributed by atoms with van der Waals surface area (Å²) in [5.41, 5.74) is 0. The van der Waals surface area contributed by atoms with E-state index < -0.39 is 0 Å². The second kappa shape index (κ2) is 8.56. The molecule has 0 aliphatic carbocycles. The van der Waals surface area contributed by atoms with Crippen LogP contribution in [-0.4, -0.2) is 38.0 Å². The maximum absolute atomic E-state index is 2.46. The predicted molar refractivity (Wildman–Crippen MR) is 71.8 cm³/mol. The molecule has 0 amide bonds. The summed E-state index contributed by atoms with van der Waals surface area (Å²) in [5.74, 6) is 0. The van der Waals surface area contributed by atoms with Gasteiger partial charge in [-0.25, -0.2) is 0 Å². The van der Waals surface area contributed by atoms with Crippen molar-refractivity contribution in [3.8, 4) is 0 Å². The molecule has 3 heteroatoms. The molecule has 0 bridgehead atoms. The van der Waals surface area contributed by atoms with Crippen molar-refractivity contribution in [3.63, 3.8) is 0 Å². The van der Waals surface area contributed by atoms with Crippen molar-refractivity contribution in [2.45, 2.75) is 52.4 Å². The van der Waals surface area contributed by atoms with E-state index in [0.29, 0.717) is 0 Å². The standard InChI is InChI=1S/C13H25N2Si/c1-3-5-7-10-14-12-9-13-15(16-14)11-8-6-4-2/h9,12-13H,3-8,10-11H2,1-2H3/q+1. The Morgan fingerprint density at radius 1 is 1.06 bits per heavy atom. The van der Waals surface area contributed by atoms with Crippen molar-refractivity contribution in [1.29, 1.82) is 0 Å². The number of hydrogen-bond donors (Lipinski definition) is 0. The first kappa shape index (κ1) is 13.5. The maximum atomic E-state index is 2.46. The van der Waals surface area contributed by atoms with Gasteiger partial charge in [-0.3, -0.25) is 4.24 Å². The molecule has 90 valence electrons. The van der Waals surface area contributed by atoms with Crippen LogP contribution in [0.25, 0.3) is 0 Å². The van der Waals surface area contributed by atoms with Gasteiger partial charge in [0.25, 0.3) is 0 Å². The molecule has 0 N–H and O–H groups in total. The molecule has 0 atom stereocenters. The van der Waals surface area contributed by atoms with Crippen LogP contribution in [0.4, 0.5) is 0 Å². The van der Waals surface area contributed by atoms with E-state index in [1.807, 2.05) is 0 Å². The van der Waals surface area contributed by atoms with E-state index in [9.17, 15) is 0 Å². The Balaban J connectivity index is 2.19. The first-order valence-electron chi connectivity index (χ1n) is 6.68. The van der Waals surface area contributed by atoms with Crippen LogP contribution in [0.2, 0.25) is 0 Å². The first-order chi connectivity index (χ1) is 7.86. The van der Waals surface area contributed by atoms with E-state index in [0.717, 1.165) is 9.84 Å². The Morgan fingerprint density at radius 2 is 1.81 bits per heavy atom. The Hall–Kier alpha value is -0.573. The van der Waals surface area contributed by atoms with E-state index in [2.05, 4.69) is 41.1 Å². The van der Waals surface area contributed by atoms with Gasteiger partial charge in [-0.05, 0) is 12.8 Å². The minimum Gasteiger partial charge on any atom is -0.343 e. The molecule has 0 saturated heterocycles. The molecule has 0 saturated carbocycles. The number of rotatable bonds is 8. The van der Waals surface area contributed by atoms with Crippen LogP contribution in [0.1, 0.15) is 52.4 Å².